The van der Waals surface area contributed by atoms with Crippen molar-refractivity contribution in [2.45, 2.75) is 6.92 Å². The molecule has 0 saturated heterocycles. The number of aryl methyl sites for hydroxylation is 1. The Morgan fingerprint density at radius 2 is 2.00 bits per heavy atom. The SMILES string of the molecule is COc1ccc(O)c(/C=N/n2c(-c3ccc(C)cc3)n[nH]c2=S)c1. The van der Waals surface area contributed by atoms with E-state index in [4.69, 9.17) is 17.0 Å². The first-order valence-corrected chi connectivity index (χ1v) is 7.65. The maximum absolute atomic E-state index is 9.94. The fraction of sp³-hybridized carbons (Fsp3) is 0.118. The molecule has 0 fully saturated rings. The number of benzene rings is 2. The molecule has 6 nitrogen and oxygen atoms in total. The van der Waals surface area contributed by atoms with Crippen LogP contribution in [0.2, 0.25) is 0 Å². The molecule has 7 heteroatoms. The van der Waals surface area contributed by atoms with Crippen LogP contribution in [0.3, 0.4) is 0 Å². The van der Waals surface area contributed by atoms with Crippen molar-refractivity contribution in [2.24, 2.45) is 5.10 Å². The Bertz CT molecular complexity index is 942. The highest BCUT2D eigenvalue weighted by atomic mass is 32.1. The van der Waals surface area contributed by atoms with Gasteiger partial charge in [-0.2, -0.15) is 14.9 Å². The summed E-state index contributed by atoms with van der Waals surface area (Å²) in [6.07, 6.45) is 1.51. The lowest BCUT2D eigenvalue weighted by Gasteiger charge is -2.04. The molecule has 24 heavy (non-hydrogen) atoms. The number of phenolic OH excluding ortho intramolecular Hbond substituents is 1. The van der Waals surface area contributed by atoms with Crippen LogP contribution in [0.15, 0.2) is 47.6 Å². The van der Waals surface area contributed by atoms with Crippen LogP contribution in [0.25, 0.3) is 11.4 Å². The summed E-state index contributed by atoms with van der Waals surface area (Å²) in [7, 11) is 1.56. The summed E-state index contributed by atoms with van der Waals surface area (Å²) in [5, 5.41) is 21.3. The van der Waals surface area contributed by atoms with Crippen molar-refractivity contribution in [1.82, 2.24) is 14.9 Å². The predicted molar refractivity (Wildman–Crippen MR) is 95.2 cm³/mol. The fourth-order valence-corrected chi connectivity index (χ4v) is 2.35. The first-order valence-electron chi connectivity index (χ1n) is 7.24. The van der Waals surface area contributed by atoms with E-state index in [0.29, 0.717) is 21.9 Å². The number of nitrogens with zero attached hydrogens (tertiary/aromatic N) is 3. The third-order valence-electron chi connectivity index (χ3n) is 3.51. The highest BCUT2D eigenvalue weighted by molar-refractivity contribution is 7.71. The Hall–Kier alpha value is -2.93. The Balaban J connectivity index is 2.00. The average Bonchev–Trinajstić information content (AvgIpc) is 2.95. The zero-order chi connectivity index (χ0) is 17.1. The summed E-state index contributed by atoms with van der Waals surface area (Å²) in [5.74, 6) is 1.33. The van der Waals surface area contributed by atoms with Gasteiger partial charge in [0, 0.05) is 11.1 Å². The lowest BCUT2D eigenvalue weighted by molar-refractivity contribution is 0.412. The molecule has 1 aromatic heterocycles. The Morgan fingerprint density at radius 3 is 2.71 bits per heavy atom. The first kappa shape index (κ1) is 15.9. The summed E-state index contributed by atoms with van der Waals surface area (Å²) in [6.45, 7) is 2.02. The van der Waals surface area contributed by atoms with Gasteiger partial charge < -0.3 is 9.84 Å². The fourth-order valence-electron chi connectivity index (χ4n) is 2.17. The van der Waals surface area contributed by atoms with E-state index in [2.05, 4.69) is 15.3 Å². The minimum Gasteiger partial charge on any atom is -0.507 e. The molecule has 0 aliphatic rings. The number of hydrogen-bond donors (Lipinski definition) is 2. The van der Waals surface area contributed by atoms with Crippen LogP contribution in [-0.4, -0.2) is 33.3 Å². The second kappa shape index (κ2) is 6.67. The van der Waals surface area contributed by atoms with Gasteiger partial charge in [0.2, 0.25) is 4.77 Å². The molecule has 0 saturated carbocycles. The zero-order valence-electron chi connectivity index (χ0n) is 13.2. The van der Waals surface area contributed by atoms with Gasteiger partial charge >= 0.3 is 0 Å². The van der Waals surface area contributed by atoms with E-state index in [9.17, 15) is 5.11 Å². The molecule has 3 rings (SSSR count). The normalized spacial score (nSPS) is 11.1. The van der Waals surface area contributed by atoms with Gasteiger partial charge in [0.25, 0.3) is 0 Å². The van der Waals surface area contributed by atoms with Crippen LogP contribution in [0.4, 0.5) is 0 Å². The van der Waals surface area contributed by atoms with Crippen molar-refractivity contribution in [3.05, 3.63) is 58.4 Å². The van der Waals surface area contributed by atoms with Crippen LogP contribution in [-0.2, 0) is 0 Å². The molecule has 1 heterocycles. The number of H-pyrrole nitrogens is 1. The number of hydrogen-bond acceptors (Lipinski definition) is 5. The second-order valence-electron chi connectivity index (χ2n) is 5.20. The van der Waals surface area contributed by atoms with Gasteiger partial charge in [-0.1, -0.05) is 29.8 Å². The molecule has 122 valence electrons. The van der Waals surface area contributed by atoms with Crippen LogP contribution in [0.5, 0.6) is 11.5 Å². The van der Waals surface area contributed by atoms with Crippen molar-refractivity contribution in [3.63, 3.8) is 0 Å². The molecule has 2 N–H and O–H groups in total. The van der Waals surface area contributed by atoms with E-state index < -0.39 is 0 Å². The number of phenols is 1. The van der Waals surface area contributed by atoms with Crippen LogP contribution in [0, 0.1) is 11.7 Å². The monoisotopic (exact) mass is 340 g/mol. The smallest absolute Gasteiger partial charge is 0.216 e. The molecule has 0 spiro atoms. The lowest BCUT2D eigenvalue weighted by atomic mass is 10.1. The van der Waals surface area contributed by atoms with Crippen molar-refractivity contribution in [3.8, 4) is 22.9 Å². The van der Waals surface area contributed by atoms with Crippen molar-refractivity contribution >= 4 is 18.4 Å². The van der Waals surface area contributed by atoms with Crippen LogP contribution in [0.1, 0.15) is 11.1 Å². The van der Waals surface area contributed by atoms with Gasteiger partial charge in [-0.05, 0) is 37.3 Å². The standard InChI is InChI=1S/C17H16N4O2S/c1-11-3-5-12(6-4-11)16-19-20-17(24)21(16)18-10-13-9-14(23-2)7-8-15(13)22/h3-10,22H,1-2H3,(H,20,24)/b18-10+. The lowest BCUT2D eigenvalue weighted by Crippen LogP contribution is -1.95. The van der Waals surface area contributed by atoms with Gasteiger partial charge in [-0.3, -0.25) is 0 Å². The third-order valence-corrected chi connectivity index (χ3v) is 3.77. The first-order chi connectivity index (χ1) is 11.6. The Labute approximate surface area is 144 Å². The summed E-state index contributed by atoms with van der Waals surface area (Å²) < 4.78 is 7.03. The van der Waals surface area contributed by atoms with E-state index in [1.54, 1.807) is 25.3 Å². The molecular formula is C17H16N4O2S. The molecule has 0 unspecified atom stereocenters. The second-order valence-corrected chi connectivity index (χ2v) is 5.59. The summed E-state index contributed by atoms with van der Waals surface area (Å²) in [6, 6.07) is 12.8. The van der Waals surface area contributed by atoms with E-state index in [-0.39, 0.29) is 5.75 Å². The molecule has 0 amide bonds. The Morgan fingerprint density at radius 1 is 1.25 bits per heavy atom. The highest BCUT2D eigenvalue weighted by Gasteiger charge is 2.08. The number of aromatic amines is 1. The van der Waals surface area contributed by atoms with Crippen molar-refractivity contribution in [2.75, 3.05) is 7.11 Å². The molecule has 0 aliphatic carbocycles. The predicted octanol–water partition coefficient (Wildman–Crippen LogP) is 3.51. The minimum atomic E-state index is 0.103. The number of ether oxygens (including phenoxy) is 1. The number of rotatable bonds is 4. The molecule has 0 radical (unpaired) electrons. The maximum atomic E-state index is 9.94. The van der Waals surface area contributed by atoms with Gasteiger partial charge in [-0.25, -0.2) is 5.10 Å². The summed E-state index contributed by atoms with van der Waals surface area (Å²) in [5.41, 5.74) is 2.57. The molecule has 0 bridgehead atoms. The van der Waals surface area contributed by atoms with Crippen molar-refractivity contribution in [1.29, 1.82) is 0 Å². The van der Waals surface area contributed by atoms with Gasteiger partial charge in [-0.15, -0.1) is 0 Å². The molecular weight excluding hydrogens is 324 g/mol. The van der Waals surface area contributed by atoms with E-state index >= 15 is 0 Å². The molecule has 0 atom stereocenters. The van der Waals surface area contributed by atoms with Crippen LogP contribution < -0.4 is 4.74 Å². The zero-order valence-corrected chi connectivity index (χ0v) is 14.0. The minimum absolute atomic E-state index is 0.103. The van der Waals surface area contributed by atoms with E-state index in [1.807, 2.05) is 31.2 Å². The van der Waals surface area contributed by atoms with Gasteiger partial charge in [0.05, 0.1) is 13.3 Å². The third kappa shape index (κ3) is 3.21. The quantitative estimate of drug-likeness (QED) is 0.563. The van der Waals surface area contributed by atoms with E-state index in [1.165, 1.54) is 10.9 Å². The molecule has 2 aromatic carbocycles. The molecule has 0 aliphatic heterocycles. The average molecular weight is 340 g/mol. The van der Waals surface area contributed by atoms with E-state index in [0.717, 1.165) is 11.1 Å². The maximum Gasteiger partial charge on any atom is 0.216 e. The summed E-state index contributed by atoms with van der Waals surface area (Å²) >= 11 is 5.24. The topological polar surface area (TPSA) is 75.4 Å². The van der Waals surface area contributed by atoms with Crippen LogP contribution >= 0.6 is 12.2 Å². The molecule has 3 aromatic rings. The number of methoxy groups -OCH3 is 1. The number of aromatic nitrogens is 3. The largest absolute Gasteiger partial charge is 0.507 e. The number of aromatic hydroxyl groups is 1. The summed E-state index contributed by atoms with van der Waals surface area (Å²) in [4.78, 5) is 0. The van der Waals surface area contributed by atoms with Gasteiger partial charge in [0.1, 0.15) is 11.5 Å². The Kier molecular flexibility index (Phi) is 4.43. The highest BCUT2D eigenvalue weighted by Crippen LogP contribution is 2.22. The number of nitrogens with one attached hydrogen (secondary N) is 1. The van der Waals surface area contributed by atoms with Gasteiger partial charge in [0.15, 0.2) is 5.82 Å². The van der Waals surface area contributed by atoms with Crippen molar-refractivity contribution < 1.29 is 9.84 Å².